The Morgan fingerprint density at radius 1 is 1.50 bits per heavy atom. The molecule has 0 amide bonds. The lowest BCUT2D eigenvalue weighted by Crippen LogP contribution is -2.36. The zero-order valence-corrected chi connectivity index (χ0v) is 10.9. The Kier molecular flexibility index (Phi) is 3.79. The van der Waals surface area contributed by atoms with Crippen LogP contribution in [0, 0.1) is 0 Å². The molecule has 0 radical (unpaired) electrons. The summed E-state index contributed by atoms with van der Waals surface area (Å²) in [5, 5.41) is 0.304. The molecule has 104 valence electrons. The first-order valence-corrected chi connectivity index (χ1v) is 5.91. The number of hydrogen-bond donors (Lipinski definition) is 1. The summed E-state index contributed by atoms with van der Waals surface area (Å²) in [4.78, 5) is 41.5. The molecule has 0 aliphatic heterocycles. The quantitative estimate of drug-likeness (QED) is 0.635. The van der Waals surface area contributed by atoms with Crippen LogP contribution in [-0.2, 0) is 16.1 Å². The van der Waals surface area contributed by atoms with Crippen molar-refractivity contribution in [2.75, 3.05) is 6.61 Å². The zero-order valence-electron chi connectivity index (χ0n) is 10.9. The average Bonchev–Trinajstić information content (AvgIpc) is 2.42. The largest absolute Gasteiger partial charge is 0.460 e. The molecule has 0 atom stereocenters. The number of nitrogens with one attached hydrogen (secondary N) is 1. The van der Waals surface area contributed by atoms with Gasteiger partial charge in [-0.15, -0.1) is 0 Å². The van der Waals surface area contributed by atoms with Crippen LogP contribution in [0.4, 0.5) is 0 Å². The number of rotatable bonds is 4. The summed E-state index contributed by atoms with van der Waals surface area (Å²) in [6.07, 6.45) is 1.48. The predicted molar refractivity (Wildman–Crippen MR) is 72.4 cm³/mol. The highest BCUT2D eigenvalue weighted by atomic mass is 16.5. The van der Waals surface area contributed by atoms with Crippen molar-refractivity contribution in [3.8, 4) is 0 Å². The molecule has 2 aromatic rings. The van der Waals surface area contributed by atoms with E-state index in [9.17, 15) is 14.4 Å². The Labute approximate surface area is 113 Å². The van der Waals surface area contributed by atoms with Gasteiger partial charge in [-0.25, -0.2) is 14.6 Å². The number of H-pyrrole nitrogens is 1. The first-order valence-electron chi connectivity index (χ1n) is 5.91. The number of hydrogen-bond acceptors (Lipinski definition) is 5. The monoisotopic (exact) mass is 275 g/mol. The van der Waals surface area contributed by atoms with E-state index in [-0.39, 0.29) is 24.4 Å². The lowest BCUT2D eigenvalue weighted by Gasteiger charge is -2.07. The molecule has 0 bridgehead atoms. The molecule has 7 nitrogen and oxygen atoms in total. The van der Waals surface area contributed by atoms with Gasteiger partial charge in [-0.2, -0.15) is 0 Å². The molecule has 0 aromatic carbocycles. The number of carbonyl (C=O) groups is 1. The van der Waals surface area contributed by atoms with E-state index in [1.807, 2.05) is 0 Å². The van der Waals surface area contributed by atoms with E-state index < -0.39 is 17.2 Å². The summed E-state index contributed by atoms with van der Waals surface area (Å²) in [7, 11) is 0. The van der Waals surface area contributed by atoms with E-state index in [0.29, 0.717) is 5.39 Å². The normalized spacial score (nSPS) is 10.4. The van der Waals surface area contributed by atoms with Crippen LogP contribution in [0.1, 0.15) is 6.92 Å². The fraction of sp³-hybridized carbons (Fsp3) is 0.231. The summed E-state index contributed by atoms with van der Waals surface area (Å²) >= 11 is 0. The van der Waals surface area contributed by atoms with Gasteiger partial charge < -0.3 is 4.74 Å². The first kappa shape index (κ1) is 13.7. The molecule has 0 saturated carbocycles. The maximum atomic E-state index is 12.1. The first-order chi connectivity index (χ1) is 9.50. The molecule has 2 aromatic heterocycles. The minimum atomic E-state index is -0.590. The molecule has 0 aliphatic carbocycles. The van der Waals surface area contributed by atoms with Gasteiger partial charge in [0.25, 0.3) is 5.56 Å². The van der Waals surface area contributed by atoms with E-state index in [1.54, 1.807) is 12.1 Å². The van der Waals surface area contributed by atoms with Crippen molar-refractivity contribution in [1.82, 2.24) is 14.5 Å². The molecule has 1 N–H and O–H groups in total. The molecule has 2 rings (SSSR count). The van der Waals surface area contributed by atoms with Gasteiger partial charge in [0.1, 0.15) is 12.3 Å². The molecule has 0 unspecified atom stereocenters. The Morgan fingerprint density at radius 2 is 2.25 bits per heavy atom. The van der Waals surface area contributed by atoms with E-state index in [4.69, 9.17) is 4.74 Å². The van der Waals surface area contributed by atoms with Gasteiger partial charge in [-0.3, -0.25) is 14.3 Å². The summed E-state index contributed by atoms with van der Waals surface area (Å²) in [6, 6.07) is 3.17. The number of carbonyl (C=O) groups excluding carboxylic acids is 1. The third kappa shape index (κ3) is 2.66. The Balaban J connectivity index is 2.27. The molecular formula is C13H13N3O4. The molecule has 20 heavy (non-hydrogen) atoms. The zero-order chi connectivity index (χ0) is 14.7. The van der Waals surface area contributed by atoms with Gasteiger partial charge in [0.15, 0.2) is 0 Å². The lowest BCUT2D eigenvalue weighted by molar-refractivity contribution is -0.139. The Bertz CT molecular complexity index is 788. The molecule has 0 fully saturated rings. The fourth-order valence-corrected chi connectivity index (χ4v) is 1.64. The molecule has 2 heterocycles. The number of fused-ring (bicyclic) bond motifs is 1. The molecule has 0 aliphatic rings. The van der Waals surface area contributed by atoms with Gasteiger partial charge >= 0.3 is 11.7 Å². The topological polar surface area (TPSA) is 94.1 Å². The van der Waals surface area contributed by atoms with Crippen LogP contribution in [0.2, 0.25) is 0 Å². The molecule has 0 saturated heterocycles. The summed E-state index contributed by atoms with van der Waals surface area (Å²) < 4.78 is 5.83. The van der Waals surface area contributed by atoms with Crippen LogP contribution in [0.25, 0.3) is 11.0 Å². The van der Waals surface area contributed by atoms with Crippen molar-refractivity contribution in [2.24, 2.45) is 0 Å². The number of aromatic nitrogens is 3. The predicted octanol–water partition coefficient (Wildman–Crippen LogP) is 0.204. The number of pyridine rings is 1. The van der Waals surface area contributed by atoms with Crippen molar-refractivity contribution in [3.63, 3.8) is 0 Å². The standard InChI is InChI=1S/C13H13N3O4/c1-8(2)12(18)20-7-6-16-11(17)9-4-3-5-14-10(9)15-13(16)19/h3-5H,1,6-7H2,2H3,(H,14,15,19). The average molecular weight is 275 g/mol. The van der Waals surface area contributed by atoms with Gasteiger partial charge in [0.2, 0.25) is 0 Å². The summed E-state index contributed by atoms with van der Waals surface area (Å²) in [5.74, 6) is -0.558. The van der Waals surface area contributed by atoms with Crippen molar-refractivity contribution in [2.45, 2.75) is 13.5 Å². The van der Waals surface area contributed by atoms with E-state index in [2.05, 4.69) is 16.5 Å². The molecular weight excluding hydrogens is 262 g/mol. The van der Waals surface area contributed by atoms with E-state index >= 15 is 0 Å². The third-order valence-corrected chi connectivity index (χ3v) is 2.65. The van der Waals surface area contributed by atoms with Crippen LogP contribution >= 0.6 is 0 Å². The highest BCUT2D eigenvalue weighted by molar-refractivity contribution is 5.86. The molecule has 0 spiro atoms. The van der Waals surface area contributed by atoms with E-state index in [0.717, 1.165) is 4.57 Å². The minimum absolute atomic E-state index is 0.0297. The second kappa shape index (κ2) is 5.52. The van der Waals surface area contributed by atoms with Gasteiger partial charge in [0.05, 0.1) is 11.9 Å². The van der Waals surface area contributed by atoms with Crippen molar-refractivity contribution in [3.05, 3.63) is 51.3 Å². The van der Waals surface area contributed by atoms with Crippen LogP contribution in [0.3, 0.4) is 0 Å². The molecule has 7 heteroatoms. The number of aromatic amines is 1. The fourth-order valence-electron chi connectivity index (χ4n) is 1.64. The van der Waals surface area contributed by atoms with Crippen molar-refractivity contribution in [1.29, 1.82) is 0 Å². The number of esters is 1. The smallest absolute Gasteiger partial charge is 0.333 e. The van der Waals surface area contributed by atoms with E-state index in [1.165, 1.54) is 13.1 Å². The van der Waals surface area contributed by atoms with Crippen molar-refractivity contribution >= 4 is 17.0 Å². The number of nitrogens with zero attached hydrogens (tertiary/aromatic N) is 2. The Morgan fingerprint density at radius 3 is 2.95 bits per heavy atom. The van der Waals surface area contributed by atoms with Crippen LogP contribution in [-0.4, -0.2) is 27.1 Å². The maximum Gasteiger partial charge on any atom is 0.333 e. The van der Waals surface area contributed by atoms with Gasteiger partial charge in [0, 0.05) is 11.8 Å². The van der Waals surface area contributed by atoms with Crippen LogP contribution in [0.5, 0.6) is 0 Å². The highest BCUT2D eigenvalue weighted by Gasteiger charge is 2.09. The second-order valence-electron chi connectivity index (χ2n) is 4.20. The van der Waals surface area contributed by atoms with Gasteiger partial charge in [-0.05, 0) is 19.1 Å². The highest BCUT2D eigenvalue weighted by Crippen LogP contribution is 1.99. The summed E-state index contributed by atoms with van der Waals surface area (Å²) in [6.45, 7) is 4.84. The van der Waals surface area contributed by atoms with Crippen molar-refractivity contribution < 1.29 is 9.53 Å². The second-order valence-corrected chi connectivity index (χ2v) is 4.20. The maximum absolute atomic E-state index is 12.1. The van der Waals surface area contributed by atoms with Gasteiger partial charge in [-0.1, -0.05) is 6.58 Å². The third-order valence-electron chi connectivity index (χ3n) is 2.65. The number of ether oxygens (including phenoxy) is 1. The van der Waals surface area contributed by atoms with Crippen LogP contribution < -0.4 is 11.2 Å². The van der Waals surface area contributed by atoms with Crippen LogP contribution in [0.15, 0.2) is 40.1 Å². The SMILES string of the molecule is C=C(C)C(=O)OCCn1c(=O)[nH]c2ncccc2c1=O. The minimum Gasteiger partial charge on any atom is -0.460 e. The Hall–Kier alpha value is -2.70. The lowest BCUT2D eigenvalue weighted by atomic mass is 10.3. The summed E-state index contributed by atoms with van der Waals surface area (Å²) in [5.41, 5.74) is -0.567.